The van der Waals surface area contributed by atoms with E-state index >= 15 is 0 Å². The summed E-state index contributed by atoms with van der Waals surface area (Å²) in [5.74, 6) is 0.581. The Morgan fingerprint density at radius 2 is 1.81 bits per heavy atom. The van der Waals surface area contributed by atoms with Crippen LogP contribution in [0.25, 0.3) is 11.4 Å². The smallest absolute Gasteiger partial charge is 0.254 e. The normalized spacial score (nSPS) is 10.8. The summed E-state index contributed by atoms with van der Waals surface area (Å²) in [7, 11) is 0. The van der Waals surface area contributed by atoms with E-state index < -0.39 is 0 Å². The van der Waals surface area contributed by atoms with Gasteiger partial charge in [-0.15, -0.1) is 0 Å². The Bertz CT molecular complexity index is 926. The molecule has 2 aromatic carbocycles. The third kappa shape index (κ3) is 4.18. The SMILES string of the molecule is CCN(Cc1nc(-c2ccc(Cl)cc2)no1)C(=O)c1ccc(Cl)c(Cl)c1. The average molecular weight is 411 g/mol. The highest BCUT2D eigenvalue weighted by atomic mass is 35.5. The molecule has 1 amide bonds. The molecule has 0 radical (unpaired) electrons. The maximum atomic E-state index is 12.7. The lowest BCUT2D eigenvalue weighted by Crippen LogP contribution is -2.30. The van der Waals surface area contributed by atoms with Gasteiger partial charge in [0.15, 0.2) is 0 Å². The predicted molar refractivity (Wildman–Crippen MR) is 102 cm³/mol. The maximum Gasteiger partial charge on any atom is 0.254 e. The molecule has 134 valence electrons. The van der Waals surface area contributed by atoms with Crippen molar-refractivity contribution < 1.29 is 9.32 Å². The van der Waals surface area contributed by atoms with Crippen LogP contribution >= 0.6 is 34.8 Å². The van der Waals surface area contributed by atoms with Gasteiger partial charge in [0, 0.05) is 22.7 Å². The van der Waals surface area contributed by atoms with Crippen LogP contribution < -0.4 is 0 Å². The van der Waals surface area contributed by atoms with Crippen LogP contribution in [0.5, 0.6) is 0 Å². The van der Waals surface area contributed by atoms with Crippen molar-refractivity contribution >= 4 is 40.7 Å². The molecule has 0 saturated heterocycles. The van der Waals surface area contributed by atoms with E-state index in [0.29, 0.717) is 38.9 Å². The summed E-state index contributed by atoms with van der Waals surface area (Å²) >= 11 is 17.8. The number of aromatic nitrogens is 2. The summed E-state index contributed by atoms with van der Waals surface area (Å²) in [4.78, 5) is 18.6. The minimum atomic E-state index is -0.197. The summed E-state index contributed by atoms with van der Waals surface area (Å²) < 4.78 is 5.28. The van der Waals surface area contributed by atoms with Gasteiger partial charge < -0.3 is 9.42 Å². The van der Waals surface area contributed by atoms with Crippen molar-refractivity contribution in [1.29, 1.82) is 0 Å². The molecule has 0 bridgehead atoms. The van der Waals surface area contributed by atoms with Crippen molar-refractivity contribution in [3.63, 3.8) is 0 Å². The van der Waals surface area contributed by atoms with Crippen molar-refractivity contribution in [2.24, 2.45) is 0 Å². The predicted octanol–water partition coefficient (Wildman–Crippen LogP) is 5.36. The fourth-order valence-corrected chi connectivity index (χ4v) is 2.76. The number of carbonyl (C=O) groups is 1. The summed E-state index contributed by atoms with van der Waals surface area (Å²) in [5, 5.41) is 5.31. The molecule has 0 unspecified atom stereocenters. The Kier molecular flexibility index (Phi) is 5.81. The first-order valence-electron chi connectivity index (χ1n) is 7.80. The van der Waals surface area contributed by atoms with Gasteiger partial charge in [-0.25, -0.2) is 0 Å². The number of amides is 1. The first-order chi connectivity index (χ1) is 12.5. The Labute approximate surface area is 165 Å². The van der Waals surface area contributed by atoms with Crippen molar-refractivity contribution in [2.75, 3.05) is 6.54 Å². The highest BCUT2D eigenvalue weighted by molar-refractivity contribution is 6.42. The molecule has 1 aromatic heterocycles. The van der Waals surface area contributed by atoms with Gasteiger partial charge in [0.1, 0.15) is 6.54 Å². The number of hydrogen-bond donors (Lipinski definition) is 0. The van der Waals surface area contributed by atoms with Crippen molar-refractivity contribution in [2.45, 2.75) is 13.5 Å². The van der Waals surface area contributed by atoms with E-state index in [1.165, 1.54) is 0 Å². The lowest BCUT2D eigenvalue weighted by molar-refractivity contribution is 0.0734. The van der Waals surface area contributed by atoms with E-state index in [1.807, 2.05) is 6.92 Å². The molecule has 3 rings (SSSR count). The summed E-state index contributed by atoms with van der Waals surface area (Å²) in [6.45, 7) is 2.53. The van der Waals surface area contributed by atoms with Crippen LogP contribution in [0.3, 0.4) is 0 Å². The van der Waals surface area contributed by atoms with Gasteiger partial charge in [-0.3, -0.25) is 4.79 Å². The lowest BCUT2D eigenvalue weighted by atomic mass is 10.2. The van der Waals surface area contributed by atoms with Crippen LogP contribution in [0.1, 0.15) is 23.2 Å². The van der Waals surface area contributed by atoms with Gasteiger partial charge in [0.2, 0.25) is 11.7 Å². The summed E-state index contributed by atoms with van der Waals surface area (Å²) in [6.07, 6.45) is 0. The average Bonchev–Trinajstić information content (AvgIpc) is 3.10. The van der Waals surface area contributed by atoms with Crippen molar-refractivity contribution in [1.82, 2.24) is 15.0 Å². The summed E-state index contributed by atoms with van der Waals surface area (Å²) in [6, 6.07) is 11.9. The first-order valence-corrected chi connectivity index (χ1v) is 8.94. The van der Waals surface area contributed by atoms with E-state index in [9.17, 15) is 4.79 Å². The second-order valence-electron chi connectivity index (χ2n) is 5.47. The van der Waals surface area contributed by atoms with Crippen LogP contribution in [-0.4, -0.2) is 27.5 Å². The molecule has 5 nitrogen and oxygen atoms in total. The molecule has 0 aliphatic rings. The first kappa shape index (κ1) is 18.7. The van der Waals surface area contributed by atoms with Crippen LogP contribution in [0.2, 0.25) is 15.1 Å². The quantitative estimate of drug-likeness (QED) is 0.568. The molecule has 0 atom stereocenters. The minimum Gasteiger partial charge on any atom is -0.337 e. The fraction of sp³-hybridized carbons (Fsp3) is 0.167. The Hall–Kier alpha value is -2.08. The zero-order valence-corrected chi connectivity index (χ0v) is 16.0. The van der Waals surface area contributed by atoms with E-state index in [1.54, 1.807) is 47.4 Å². The Balaban J connectivity index is 1.76. The van der Waals surface area contributed by atoms with Gasteiger partial charge >= 0.3 is 0 Å². The van der Waals surface area contributed by atoms with Gasteiger partial charge in [-0.05, 0) is 49.4 Å². The molecule has 8 heteroatoms. The molecule has 0 spiro atoms. The second-order valence-corrected chi connectivity index (χ2v) is 6.72. The van der Waals surface area contributed by atoms with E-state index in [2.05, 4.69) is 10.1 Å². The van der Waals surface area contributed by atoms with Gasteiger partial charge in [0.25, 0.3) is 5.91 Å². The Morgan fingerprint density at radius 1 is 1.08 bits per heavy atom. The number of benzene rings is 2. The molecular formula is C18H14Cl3N3O2. The molecule has 0 aliphatic carbocycles. The van der Waals surface area contributed by atoms with E-state index in [4.69, 9.17) is 39.3 Å². The van der Waals surface area contributed by atoms with Crippen molar-refractivity contribution in [3.05, 3.63) is 69.0 Å². The number of carbonyl (C=O) groups excluding carboxylic acids is 1. The van der Waals surface area contributed by atoms with Crippen LogP contribution in [0, 0.1) is 0 Å². The molecular weight excluding hydrogens is 397 g/mol. The van der Waals surface area contributed by atoms with Crippen LogP contribution in [-0.2, 0) is 6.54 Å². The van der Waals surface area contributed by atoms with Crippen LogP contribution in [0.4, 0.5) is 0 Å². The van der Waals surface area contributed by atoms with E-state index in [0.717, 1.165) is 5.56 Å². The number of halogens is 3. The third-order valence-corrected chi connectivity index (χ3v) is 4.72. The van der Waals surface area contributed by atoms with Crippen molar-refractivity contribution in [3.8, 4) is 11.4 Å². The van der Waals surface area contributed by atoms with E-state index in [-0.39, 0.29) is 12.5 Å². The zero-order chi connectivity index (χ0) is 18.7. The largest absolute Gasteiger partial charge is 0.337 e. The lowest BCUT2D eigenvalue weighted by Gasteiger charge is -2.19. The molecule has 0 aliphatic heterocycles. The molecule has 1 heterocycles. The van der Waals surface area contributed by atoms with Gasteiger partial charge in [-0.2, -0.15) is 4.98 Å². The topological polar surface area (TPSA) is 59.2 Å². The number of nitrogens with zero attached hydrogens (tertiary/aromatic N) is 3. The molecule has 3 aromatic rings. The highest BCUT2D eigenvalue weighted by Gasteiger charge is 2.19. The minimum absolute atomic E-state index is 0.191. The maximum absolute atomic E-state index is 12.7. The number of rotatable bonds is 5. The molecule has 0 saturated carbocycles. The monoisotopic (exact) mass is 409 g/mol. The third-order valence-electron chi connectivity index (χ3n) is 3.73. The fourth-order valence-electron chi connectivity index (χ4n) is 2.34. The number of hydrogen-bond acceptors (Lipinski definition) is 4. The molecule has 26 heavy (non-hydrogen) atoms. The standard InChI is InChI=1S/C18H14Cl3N3O2/c1-2-24(18(25)12-5-8-14(20)15(21)9-12)10-16-22-17(23-26-16)11-3-6-13(19)7-4-11/h3-9H,2,10H2,1H3. The van der Waals surface area contributed by atoms with Crippen LogP contribution in [0.15, 0.2) is 47.0 Å². The highest BCUT2D eigenvalue weighted by Crippen LogP contribution is 2.24. The zero-order valence-electron chi connectivity index (χ0n) is 13.7. The summed E-state index contributed by atoms with van der Waals surface area (Å²) in [5.41, 5.74) is 1.22. The second kappa shape index (κ2) is 8.08. The molecule has 0 fully saturated rings. The molecule has 0 N–H and O–H groups in total. The van der Waals surface area contributed by atoms with Gasteiger partial charge in [-0.1, -0.05) is 40.0 Å². The Morgan fingerprint density at radius 3 is 2.46 bits per heavy atom. The van der Waals surface area contributed by atoms with Gasteiger partial charge in [0.05, 0.1) is 10.0 Å².